The van der Waals surface area contributed by atoms with Crippen molar-refractivity contribution in [3.05, 3.63) is 42.1 Å². The van der Waals surface area contributed by atoms with Gasteiger partial charge in [0.1, 0.15) is 11.1 Å². The molecule has 0 radical (unpaired) electrons. The summed E-state index contributed by atoms with van der Waals surface area (Å²) in [7, 11) is 1.75. The smallest absolute Gasteiger partial charge is 0.274 e. The summed E-state index contributed by atoms with van der Waals surface area (Å²) in [5, 5.41) is 0. The van der Waals surface area contributed by atoms with E-state index in [2.05, 4.69) is 4.98 Å². The number of pyridine rings is 1. The maximum absolute atomic E-state index is 12.6. The molecule has 2 rings (SSSR count). The van der Waals surface area contributed by atoms with E-state index in [1.807, 2.05) is 44.0 Å². The normalized spacial score (nSPS) is 11.5. The number of sulfonamides is 1. The van der Waals surface area contributed by atoms with Gasteiger partial charge in [-0.2, -0.15) is 4.31 Å². The molecule has 0 unspecified atom stereocenters. The lowest BCUT2D eigenvalue weighted by Crippen LogP contribution is -2.32. The summed E-state index contributed by atoms with van der Waals surface area (Å²) >= 11 is 0. The molecule has 0 saturated heterocycles. The third kappa shape index (κ3) is 4.94. The Morgan fingerprint density at radius 3 is 2.21 bits per heavy atom. The molecule has 0 spiro atoms. The molecule has 7 nitrogen and oxygen atoms in total. The van der Waals surface area contributed by atoms with Crippen molar-refractivity contribution in [3.63, 3.8) is 0 Å². The lowest BCUT2D eigenvalue weighted by atomic mass is 10.1. The van der Waals surface area contributed by atoms with Crippen LogP contribution < -0.4 is 19.4 Å². The fourth-order valence-corrected chi connectivity index (χ4v) is 4.39. The number of aromatic nitrogens is 1. The number of hydrogen-bond acceptors (Lipinski definition) is 5. The second-order valence-corrected chi connectivity index (χ2v) is 8.30. The van der Waals surface area contributed by atoms with Crippen LogP contribution in [0.2, 0.25) is 0 Å². The molecule has 1 N–H and O–H groups in total. The predicted molar refractivity (Wildman–Crippen MR) is 110 cm³/mol. The molecule has 28 heavy (non-hydrogen) atoms. The molecule has 2 aromatic rings. The molecule has 0 aliphatic heterocycles. The van der Waals surface area contributed by atoms with Crippen LogP contribution in [-0.4, -0.2) is 53.6 Å². The minimum Gasteiger partial charge on any atom is -0.493 e. The number of nitrogens with one attached hydrogen (secondary N) is 1. The molecule has 1 heterocycles. The molecule has 0 bridgehead atoms. The van der Waals surface area contributed by atoms with Crippen LogP contribution in [0.15, 0.2) is 41.4 Å². The maximum atomic E-state index is 12.6. The van der Waals surface area contributed by atoms with Crippen LogP contribution in [0.25, 0.3) is 0 Å². The van der Waals surface area contributed by atoms with Crippen LogP contribution in [0.4, 0.5) is 5.82 Å². The van der Waals surface area contributed by atoms with Crippen molar-refractivity contribution in [2.75, 3.05) is 45.8 Å². The van der Waals surface area contributed by atoms with E-state index in [1.165, 1.54) is 4.31 Å². The van der Waals surface area contributed by atoms with Gasteiger partial charge in [-0.05, 0) is 23.8 Å². The standard InChI is InChI=1S/C20H29N3O4S/c1-6-23(7-2)28(24,25)17-9-11-20(21-15-17)22(3)13-12-16-8-10-18(26-4)19(14-16)27-5/h8-11,14-15H,6-7,12-13H2,1-5H3/p+1. The number of benzene rings is 1. The second kappa shape index (κ2) is 9.75. The first-order valence-corrected chi connectivity index (χ1v) is 10.7. The Bertz CT molecular complexity index is 866. The number of methoxy groups -OCH3 is 2. The van der Waals surface area contributed by atoms with Crippen LogP contribution >= 0.6 is 0 Å². The number of H-pyrrole nitrogens is 1. The Labute approximate surface area is 168 Å². The lowest BCUT2D eigenvalue weighted by Gasteiger charge is -2.18. The second-order valence-electron chi connectivity index (χ2n) is 6.36. The van der Waals surface area contributed by atoms with Gasteiger partial charge < -0.3 is 9.47 Å². The van der Waals surface area contributed by atoms with Gasteiger partial charge in [0.25, 0.3) is 5.82 Å². The number of anilines is 1. The van der Waals surface area contributed by atoms with Gasteiger partial charge in [-0.15, -0.1) is 0 Å². The van der Waals surface area contributed by atoms with Gasteiger partial charge in [0.2, 0.25) is 10.0 Å². The summed E-state index contributed by atoms with van der Waals surface area (Å²) in [4.78, 5) is 5.42. The summed E-state index contributed by atoms with van der Waals surface area (Å²) in [6, 6.07) is 9.32. The van der Waals surface area contributed by atoms with Gasteiger partial charge in [0, 0.05) is 25.6 Å². The molecular formula is C20H30N3O4S+. The minimum atomic E-state index is -3.46. The molecule has 0 atom stereocenters. The molecule has 0 saturated carbocycles. The van der Waals surface area contributed by atoms with E-state index in [9.17, 15) is 8.42 Å². The number of ether oxygens (including phenoxy) is 2. The molecule has 1 aromatic heterocycles. The van der Waals surface area contributed by atoms with E-state index >= 15 is 0 Å². The highest BCUT2D eigenvalue weighted by molar-refractivity contribution is 7.89. The number of likely N-dealkylation sites (N-methyl/N-ethyl adjacent to an activating group) is 1. The predicted octanol–water partition coefficient (Wildman–Crippen LogP) is 2.23. The molecule has 0 fully saturated rings. The maximum Gasteiger partial charge on any atom is 0.274 e. The van der Waals surface area contributed by atoms with Crippen molar-refractivity contribution in [2.24, 2.45) is 0 Å². The fourth-order valence-electron chi connectivity index (χ4n) is 2.97. The van der Waals surface area contributed by atoms with Gasteiger partial charge in [-0.25, -0.2) is 13.4 Å². The highest BCUT2D eigenvalue weighted by atomic mass is 32.2. The largest absolute Gasteiger partial charge is 0.493 e. The third-order valence-corrected chi connectivity index (χ3v) is 6.75. The molecule has 1 aromatic carbocycles. The van der Waals surface area contributed by atoms with Crippen molar-refractivity contribution in [1.82, 2.24) is 4.31 Å². The van der Waals surface area contributed by atoms with Gasteiger partial charge in [-0.1, -0.05) is 19.9 Å². The first-order valence-electron chi connectivity index (χ1n) is 9.31. The quantitative estimate of drug-likeness (QED) is 0.603. The summed E-state index contributed by atoms with van der Waals surface area (Å²) in [5.74, 6) is 2.26. The first-order chi connectivity index (χ1) is 13.4. The van der Waals surface area contributed by atoms with E-state index in [-0.39, 0.29) is 4.90 Å². The zero-order chi connectivity index (χ0) is 20.7. The molecular weight excluding hydrogens is 378 g/mol. The highest BCUT2D eigenvalue weighted by Gasteiger charge is 2.23. The number of nitrogens with zero attached hydrogens (tertiary/aromatic N) is 2. The monoisotopic (exact) mass is 408 g/mol. The molecule has 0 aliphatic carbocycles. The van der Waals surface area contributed by atoms with Crippen molar-refractivity contribution in [3.8, 4) is 11.5 Å². The number of aromatic amines is 1. The van der Waals surface area contributed by atoms with Crippen molar-refractivity contribution in [2.45, 2.75) is 25.2 Å². The Morgan fingerprint density at radius 2 is 1.68 bits per heavy atom. The van der Waals surface area contributed by atoms with Gasteiger partial charge in [0.15, 0.2) is 11.5 Å². The summed E-state index contributed by atoms with van der Waals surface area (Å²) in [6.07, 6.45) is 2.36. The average Bonchev–Trinajstić information content (AvgIpc) is 2.72. The van der Waals surface area contributed by atoms with Crippen molar-refractivity contribution in [1.29, 1.82) is 0 Å². The van der Waals surface area contributed by atoms with E-state index in [4.69, 9.17) is 9.47 Å². The molecule has 8 heteroatoms. The van der Waals surface area contributed by atoms with Crippen LogP contribution in [0.3, 0.4) is 0 Å². The van der Waals surface area contributed by atoms with E-state index < -0.39 is 10.0 Å². The van der Waals surface area contributed by atoms with Crippen LogP contribution in [0.1, 0.15) is 19.4 Å². The topological polar surface area (TPSA) is 73.2 Å². The Kier molecular flexibility index (Phi) is 7.65. The van der Waals surface area contributed by atoms with E-state index in [1.54, 1.807) is 32.5 Å². The first kappa shape index (κ1) is 22.0. The van der Waals surface area contributed by atoms with Crippen molar-refractivity contribution < 1.29 is 22.9 Å². The third-order valence-electron chi connectivity index (χ3n) is 4.71. The lowest BCUT2D eigenvalue weighted by molar-refractivity contribution is -0.367. The Hall–Kier alpha value is -2.32. The van der Waals surface area contributed by atoms with Gasteiger partial charge in [0.05, 0.1) is 27.8 Å². The SMILES string of the molecule is CCN(CC)S(=O)(=O)c1ccc(N(C)CCc2ccc(OC)c(OC)c2)[nH+]c1. The van der Waals surface area contributed by atoms with E-state index in [0.29, 0.717) is 24.6 Å². The van der Waals surface area contributed by atoms with Crippen LogP contribution in [0, 0.1) is 0 Å². The Balaban J connectivity index is 2.06. The number of hydrogen-bond donors (Lipinski definition) is 0. The zero-order valence-corrected chi connectivity index (χ0v) is 18.0. The average molecular weight is 409 g/mol. The van der Waals surface area contributed by atoms with Gasteiger partial charge >= 0.3 is 0 Å². The highest BCUT2D eigenvalue weighted by Crippen LogP contribution is 2.27. The molecule has 0 aliphatic rings. The van der Waals surface area contributed by atoms with Crippen molar-refractivity contribution >= 4 is 15.8 Å². The minimum absolute atomic E-state index is 0.272. The van der Waals surface area contributed by atoms with Crippen LogP contribution in [0.5, 0.6) is 11.5 Å². The fraction of sp³-hybridized carbons (Fsp3) is 0.450. The molecule has 154 valence electrons. The Morgan fingerprint density at radius 1 is 1.00 bits per heavy atom. The molecule has 0 amide bonds. The zero-order valence-electron chi connectivity index (χ0n) is 17.2. The summed E-state index contributed by atoms with van der Waals surface area (Å²) < 4.78 is 37.2. The van der Waals surface area contributed by atoms with Crippen LogP contribution in [-0.2, 0) is 16.4 Å². The van der Waals surface area contributed by atoms with E-state index in [0.717, 1.165) is 24.3 Å². The van der Waals surface area contributed by atoms with Gasteiger partial charge in [-0.3, -0.25) is 4.90 Å². The summed E-state index contributed by atoms with van der Waals surface area (Å²) in [5.41, 5.74) is 1.13. The summed E-state index contributed by atoms with van der Waals surface area (Å²) in [6.45, 7) is 5.33. The number of rotatable bonds is 10.